The lowest BCUT2D eigenvalue weighted by Crippen LogP contribution is -2.63. The van der Waals surface area contributed by atoms with Crippen molar-refractivity contribution in [2.45, 2.75) is 95.7 Å². The lowest BCUT2D eigenvalue weighted by Gasteiger charge is -2.30. The number of amides is 8. The highest BCUT2D eigenvalue weighted by atomic mass is 16.3. The van der Waals surface area contributed by atoms with Gasteiger partial charge in [0.1, 0.15) is 36.4 Å². The number of hydrogen-bond donors (Lipinski definition) is 14. The lowest BCUT2D eigenvalue weighted by atomic mass is 9.87. The summed E-state index contributed by atoms with van der Waals surface area (Å²) in [4.78, 5) is 116. The van der Waals surface area contributed by atoms with Crippen molar-refractivity contribution in [2.75, 3.05) is 26.2 Å². The predicted molar refractivity (Wildman–Crippen MR) is 183 cm³/mol. The van der Waals surface area contributed by atoms with Gasteiger partial charge in [-0.05, 0) is 19.8 Å². The molecule has 0 aromatic rings. The summed E-state index contributed by atoms with van der Waals surface area (Å²) in [7, 11) is 0. The van der Waals surface area contributed by atoms with Gasteiger partial charge in [0.25, 0.3) is 5.91 Å². The summed E-state index contributed by atoms with van der Waals surface area (Å²) in [5.41, 5.74) is 10.8. The second kappa shape index (κ2) is 21.8. The molecule has 1 aliphatic rings. The van der Waals surface area contributed by atoms with Gasteiger partial charge in [-0.3, -0.25) is 43.2 Å². The van der Waals surface area contributed by atoms with Crippen LogP contribution in [0.25, 0.3) is 0 Å². The number of ketones is 1. The summed E-state index contributed by atoms with van der Waals surface area (Å²) in [5, 5.41) is 66.7. The molecule has 306 valence electrons. The first kappa shape index (κ1) is 47.2. The molecular formula is C31H53N9O14. The monoisotopic (exact) mass is 775 g/mol. The maximum absolute atomic E-state index is 13.6. The van der Waals surface area contributed by atoms with Crippen LogP contribution < -0.4 is 48.7 Å². The smallest absolute Gasteiger partial charge is 0.251 e. The Kier molecular flexibility index (Phi) is 19.0. The molecule has 1 heterocycles. The second-order valence-electron chi connectivity index (χ2n) is 13.3. The summed E-state index contributed by atoms with van der Waals surface area (Å²) >= 11 is 0. The number of carbonyl (C=O) groups is 9. The van der Waals surface area contributed by atoms with Crippen molar-refractivity contribution < 1.29 is 68.7 Å². The summed E-state index contributed by atoms with van der Waals surface area (Å²) in [6, 6.07) is -8.07. The molecule has 1 saturated heterocycles. The maximum Gasteiger partial charge on any atom is 0.251 e. The Bertz CT molecular complexity index is 1390. The Hall–Kier alpha value is -4.81. The maximum atomic E-state index is 13.6. The standard InChI is InChI=1S/C31H53N9O14/c1-11(2)15-6-18(43)17(10-41)38-28(51)16(7-34-26(49)12(3)13(4)32)37-20(45)9-36-29(52)19(44)8-35-30(53)21(14(5)42)39-31(54)22(40-27(15)50)23(46)24(47)25(33)48/h11-17,19,21-24,41-42,44,46-47H,6-10,32H2,1-5H3,(H2,33,48)(H,34,49)(H,35,53)(H,36,52)(H,37,45)(H,38,51)(H,39,54)(H,40,50). The fraction of sp³-hybridized carbons (Fsp3) is 0.710. The van der Waals surface area contributed by atoms with Crippen LogP contribution in [0, 0.1) is 17.8 Å². The molecule has 23 nitrogen and oxygen atoms in total. The van der Waals surface area contributed by atoms with Crippen molar-refractivity contribution in [2.24, 2.45) is 29.2 Å². The highest BCUT2D eigenvalue weighted by Gasteiger charge is 2.41. The molecule has 8 amide bonds. The van der Waals surface area contributed by atoms with Crippen LogP contribution in [0.15, 0.2) is 0 Å². The summed E-state index contributed by atoms with van der Waals surface area (Å²) < 4.78 is 0. The first-order valence-corrected chi connectivity index (χ1v) is 17.0. The van der Waals surface area contributed by atoms with Crippen LogP contribution in [0.5, 0.6) is 0 Å². The molecular weight excluding hydrogens is 722 g/mol. The van der Waals surface area contributed by atoms with Crippen LogP contribution in [-0.4, -0.2) is 159 Å². The molecule has 1 rings (SSSR count). The van der Waals surface area contributed by atoms with Crippen molar-refractivity contribution in [3.63, 3.8) is 0 Å². The van der Waals surface area contributed by atoms with Gasteiger partial charge in [0, 0.05) is 30.8 Å². The van der Waals surface area contributed by atoms with Gasteiger partial charge in [0.2, 0.25) is 41.4 Å². The van der Waals surface area contributed by atoms with Gasteiger partial charge in [-0.25, -0.2) is 0 Å². The topological polar surface area (TPSA) is 391 Å². The number of β-amino-alcohol motifs (C(OH)–C–C–N with tert-alkyl or cyclic N) is 1. The van der Waals surface area contributed by atoms with E-state index in [2.05, 4.69) is 31.9 Å². The zero-order valence-electron chi connectivity index (χ0n) is 30.5. The molecule has 0 saturated carbocycles. The zero-order valence-corrected chi connectivity index (χ0v) is 30.5. The minimum absolute atomic E-state index is 0.563. The molecule has 0 radical (unpaired) electrons. The van der Waals surface area contributed by atoms with Gasteiger partial charge >= 0.3 is 0 Å². The Morgan fingerprint density at radius 3 is 1.91 bits per heavy atom. The molecule has 0 bridgehead atoms. The number of nitrogens with one attached hydrogen (secondary N) is 7. The van der Waals surface area contributed by atoms with Crippen LogP contribution in [-0.2, 0) is 43.2 Å². The van der Waals surface area contributed by atoms with Crippen molar-refractivity contribution in [3.8, 4) is 0 Å². The van der Waals surface area contributed by atoms with Gasteiger partial charge in [0.05, 0.1) is 25.8 Å². The molecule has 54 heavy (non-hydrogen) atoms. The zero-order chi connectivity index (χ0) is 41.6. The molecule has 23 heteroatoms. The first-order chi connectivity index (χ1) is 25.0. The SMILES string of the molecule is CC(C)C1CC(=O)C(CO)NC(=O)C(CNC(=O)C(C)C(C)N)NC(=O)CNC(=O)C(O)CNC(=O)C(C(C)O)NC(=O)C(C(O)C(O)C(N)=O)NC1=O. The largest absolute Gasteiger partial charge is 0.394 e. The van der Waals surface area contributed by atoms with Crippen LogP contribution in [0.4, 0.5) is 0 Å². The minimum atomic E-state index is -2.46. The van der Waals surface area contributed by atoms with Gasteiger partial charge < -0.3 is 74.2 Å². The highest BCUT2D eigenvalue weighted by molar-refractivity contribution is 5.98. The predicted octanol–water partition coefficient (Wildman–Crippen LogP) is -8.56. The average Bonchev–Trinajstić information content (AvgIpc) is 3.10. The second-order valence-corrected chi connectivity index (χ2v) is 13.3. The van der Waals surface area contributed by atoms with E-state index in [1.165, 1.54) is 20.8 Å². The van der Waals surface area contributed by atoms with Gasteiger partial charge in [0.15, 0.2) is 11.9 Å². The van der Waals surface area contributed by atoms with Gasteiger partial charge in [-0.2, -0.15) is 0 Å². The van der Waals surface area contributed by atoms with Gasteiger partial charge in [-0.1, -0.05) is 20.8 Å². The normalized spacial score (nSPS) is 27.5. The summed E-state index contributed by atoms with van der Waals surface area (Å²) in [5.74, 6) is -13.0. The molecule has 0 aliphatic carbocycles. The third-order valence-corrected chi connectivity index (χ3v) is 8.58. The van der Waals surface area contributed by atoms with E-state index in [-0.39, 0.29) is 0 Å². The van der Waals surface area contributed by atoms with Crippen LogP contribution in [0.2, 0.25) is 0 Å². The van der Waals surface area contributed by atoms with E-state index in [1.807, 2.05) is 5.32 Å². The first-order valence-electron chi connectivity index (χ1n) is 17.0. The summed E-state index contributed by atoms with van der Waals surface area (Å²) in [6.45, 7) is 3.81. The molecule has 1 fully saturated rings. The van der Waals surface area contributed by atoms with E-state index in [4.69, 9.17) is 11.5 Å². The third kappa shape index (κ3) is 14.2. The quantitative estimate of drug-likeness (QED) is 0.0980. The van der Waals surface area contributed by atoms with Crippen LogP contribution in [0.1, 0.15) is 41.0 Å². The van der Waals surface area contributed by atoms with E-state index in [1.54, 1.807) is 6.92 Å². The van der Waals surface area contributed by atoms with Crippen molar-refractivity contribution in [1.29, 1.82) is 0 Å². The van der Waals surface area contributed by atoms with Crippen molar-refractivity contribution in [1.82, 2.24) is 37.2 Å². The Balaban J connectivity index is 3.64. The molecule has 0 aromatic heterocycles. The van der Waals surface area contributed by atoms with E-state index >= 15 is 0 Å². The number of Topliss-reactive ketones (excluding diaryl/α,β-unsaturated/α-hetero) is 1. The Labute approximate surface area is 310 Å². The van der Waals surface area contributed by atoms with E-state index in [0.717, 1.165) is 6.92 Å². The van der Waals surface area contributed by atoms with Crippen molar-refractivity contribution >= 4 is 53.0 Å². The number of aliphatic hydroxyl groups is 5. The molecule has 11 atom stereocenters. The number of carbonyl (C=O) groups excluding carboxylic acids is 9. The number of nitrogens with two attached hydrogens (primary N) is 2. The van der Waals surface area contributed by atoms with E-state index in [9.17, 15) is 68.7 Å². The number of hydrogen-bond acceptors (Lipinski definition) is 15. The van der Waals surface area contributed by atoms with Gasteiger partial charge in [-0.15, -0.1) is 0 Å². The Morgan fingerprint density at radius 1 is 0.796 bits per heavy atom. The fourth-order valence-electron chi connectivity index (χ4n) is 4.80. The van der Waals surface area contributed by atoms with E-state index in [0.29, 0.717) is 0 Å². The molecule has 0 spiro atoms. The van der Waals surface area contributed by atoms with Crippen LogP contribution >= 0.6 is 0 Å². The fourth-order valence-corrected chi connectivity index (χ4v) is 4.80. The highest BCUT2D eigenvalue weighted by Crippen LogP contribution is 2.18. The lowest BCUT2D eigenvalue weighted by molar-refractivity contribution is -0.144. The molecule has 0 aromatic carbocycles. The Morgan fingerprint density at radius 2 is 1.39 bits per heavy atom. The third-order valence-electron chi connectivity index (χ3n) is 8.58. The summed E-state index contributed by atoms with van der Waals surface area (Å²) in [6.07, 6.45) is -9.34. The molecule has 11 unspecified atom stereocenters. The number of rotatable bonds is 10. The molecule has 16 N–H and O–H groups in total. The molecule has 1 aliphatic heterocycles. The average molecular weight is 776 g/mol. The number of primary amides is 1. The number of aliphatic hydroxyl groups excluding tert-OH is 5. The van der Waals surface area contributed by atoms with E-state index < -0.39 is 158 Å². The van der Waals surface area contributed by atoms with Crippen LogP contribution in [0.3, 0.4) is 0 Å². The minimum Gasteiger partial charge on any atom is -0.394 e. The van der Waals surface area contributed by atoms with Crippen molar-refractivity contribution in [3.05, 3.63) is 0 Å².